The number of nitrogens with zero attached hydrogens (tertiary/aromatic N) is 1. The third-order valence-electron chi connectivity index (χ3n) is 12.7. The predicted molar refractivity (Wildman–Crippen MR) is 268 cm³/mol. The third kappa shape index (κ3) is 52.3. The molecule has 0 aromatic rings. The number of phosphoric acid groups is 1. The summed E-state index contributed by atoms with van der Waals surface area (Å²) >= 11 is 0. The van der Waals surface area contributed by atoms with Crippen molar-refractivity contribution in [1.82, 2.24) is 0 Å². The molecule has 0 fully saturated rings. The molecule has 0 saturated heterocycles. The van der Waals surface area contributed by atoms with Gasteiger partial charge in [-0.15, -0.1) is 0 Å². The topological polar surface area (TPSA) is 94.1 Å². The van der Waals surface area contributed by atoms with Gasteiger partial charge in [0.15, 0.2) is 0 Å². The first-order valence-corrected chi connectivity index (χ1v) is 29.2. The summed E-state index contributed by atoms with van der Waals surface area (Å²) in [6.07, 6.45) is 54.2. The van der Waals surface area contributed by atoms with Crippen LogP contribution in [0, 0.1) is 0 Å². The first kappa shape index (κ1) is 62.5. The van der Waals surface area contributed by atoms with Gasteiger partial charge in [0.25, 0.3) is 7.82 Å². The van der Waals surface area contributed by atoms with Crippen molar-refractivity contribution in [3.63, 3.8) is 0 Å². The molecule has 0 aliphatic rings. The molecule has 0 aromatic carbocycles. The highest BCUT2D eigenvalue weighted by Gasteiger charge is 2.20. The second-order valence-electron chi connectivity index (χ2n) is 20.3. The molecule has 2 unspecified atom stereocenters. The number of carbonyl (C=O) groups excluding carboxylic acids is 1. The van der Waals surface area contributed by atoms with E-state index in [1.54, 1.807) is 0 Å². The van der Waals surface area contributed by atoms with Crippen LogP contribution >= 0.6 is 7.82 Å². The number of hydrogen-bond acceptors (Lipinski definition) is 7. The van der Waals surface area contributed by atoms with Crippen molar-refractivity contribution in [3.8, 4) is 0 Å². The monoisotopic (exact) mass is 916 g/mol. The van der Waals surface area contributed by atoms with Crippen molar-refractivity contribution in [3.05, 3.63) is 0 Å². The van der Waals surface area contributed by atoms with Gasteiger partial charge < -0.3 is 27.9 Å². The van der Waals surface area contributed by atoms with E-state index in [2.05, 4.69) is 13.8 Å². The summed E-state index contributed by atoms with van der Waals surface area (Å²) < 4.78 is 34.8. The summed E-state index contributed by atoms with van der Waals surface area (Å²) in [5.41, 5.74) is 0. The molecule has 8 nitrogen and oxygen atoms in total. The van der Waals surface area contributed by atoms with Crippen LogP contribution in [0.5, 0.6) is 0 Å². The maximum atomic E-state index is 12.8. The lowest BCUT2D eigenvalue weighted by atomic mass is 10.0. The molecule has 9 heteroatoms. The summed E-state index contributed by atoms with van der Waals surface area (Å²) in [5.74, 6) is -0.324. The smallest absolute Gasteiger partial charge is 0.306 e. The van der Waals surface area contributed by atoms with Crippen molar-refractivity contribution in [1.29, 1.82) is 0 Å². The largest absolute Gasteiger partial charge is 0.756 e. The fraction of sp³-hybridized carbons (Fsp3) is 0.981. The molecule has 2 atom stereocenters. The van der Waals surface area contributed by atoms with E-state index in [0.29, 0.717) is 24.1 Å². The number of likely N-dealkylation sites (N-methyl/N-ethyl adjacent to an activating group) is 1. The molecule has 378 valence electrons. The van der Waals surface area contributed by atoms with Gasteiger partial charge in [-0.05, 0) is 12.8 Å². The Morgan fingerprint density at radius 3 is 1.05 bits per heavy atom. The third-order valence-corrected chi connectivity index (χ3v) is 13.6. The van der Waals surface area contributed by atoms with Gasteiger partial charge in [0.2, 0.25) is 0 Å². The average Bonchev–Trinajstić information content (AvgIpc) is 3.24. The van der Waals surface area contributed by atoms with Gasteiger partial charge in [-0.25, -0.2) is 0 Å². The Morgan fingerprint density at radius 1 is 0.429 bits per heavy atom. The van der Waals surface area contributed by atoms with Crippen LogP contribution in [0.25, 0.3) is 0 Å². The quantitative estimate of drug-likeness (QED) is 0.0260. The minimum absolute atomic E-state index is 0.0318. The van der Waals surface area contributed by atoms with E-state index < -0.39 is 13.9 Å². The molecule has 0 N–H and O–H groups in total. The normalized spacial score (nSPS) is 13.4. The molecule has 0 aliphatic carbocycles. The molecular weight excluding hydrogens is 806 g/mol. The number of rotatable bonds is 53. The Labute approximate surface area is 393 Å². The van der Waals surface area contributed by atoms with Gasteiger partial charge >= 0.3 is 5.97 Å². The van der Waals surface area contributed by atoms with Crippen LogP contribution < -0.4 is 4.89 Å². The van der Waals surface area contributed by atoms with Gasteiger partial charge in [0.1, 0.15) is 19.3 Å². The lowest BCUT2D eigenvalue weighted by Crippen LogP contribution is -2.37. The second kappa shape index (κ2) is 48.0. The zero-order valence-electron chi connectivity index (χ0n) is 43.1. The number of phosphoric ester groups is 1. The highest BCUT2D eigenvalue weighted by molar-refractivity contribution is 7.45. The number of hydrogen-bond donors (Lipinski definition) is 0. The standard InChI is InChI=1S/C54H110NO7P/c1-6-8-10-12-14-16-18-20-22-24-25-26-27-28-29-30-31-33-35-37-39-41-43-45-47-54(56)62-53(52-61-63(57,58)60-50-48-55(3,4)5)51-59-49-46-44-42-40-38-36-34-32-23-21-19-17-15-13-11-9-7-2/h53H,6-52H2,1-5H3. The van der Waals surface area contributed by atoms with E-state index in [1.165, 1.54) is 231 Å². The number of ether oxygens (including phenoxy) is 2. The highest BCUT2D eigenvalue weighted by Crippen LogP contribution is 2.38. The lowest BCUT2D eigenvalue weighted by Gasteiger charge is -2.28. The molecule has 0 spiro atoms. The van der Waals surface area contributed by atoms with Crippen molar-refractivity contribution in [2.24, 2.45) is 0 Å². The molecule has 0 aliphatic heterocycles. The predicted octanol–water partition coefficient (Wildman–Crippen LogP) is 16.5. The highest BCUT2D eigenvalue weighted by atomic mass is 31.2. The van der Waals surface area contributed by atoms with E-state index in [9.17, 15) is 14.3 Å². The number of esters is 1. The summed E-state index contributed by atoms with van der Waals surface area (Å²) in [6, 6.07) is 0. The van der Waals surface area contributed by atoms with Crippen molar-refractivity contribution >= 4 is 13.8 Å². The minimum atomic E-state index is -4.52. The average molecular weight is 916 g/mol. The molecule has 0 amide bonds. The zero-order chi connectivity index (χ0) is 46.2. The first-order chi connectivity index (χ1) is 30.6. The van der Waals surface area contributed by atoms with Gasteiger partial charge in [-0.3, -0.25) is 9.36 Å². The maximum Gasteiger partial charge on any atom is 0.306 e. The summed E-state index contributed by atoms with van der Waals surface area (Å²) in [5, 5.41) is 0. The minimum Gasteiger partial charge on any atom is -0.756 e. The number of quaternary nitrogens is 1. The van der Waals surface area contributed by atoms with E-state index in [0.717, 1.165) is 32.1 Å². The SMILES string of the molecule is CCCCCCCCCCCCCCCCCCCCCCCCCCC(=O)OC(COCCCCCCCCCCCCCCCCCCC)COP(=O)([O-])OCC[N+](C)(C)C. The number of unbranched alkanes of at least 4 members (excludes halogenated alkanes) is 39. The van der Waals surface area contributed by atoms with Gasteiger partial charge in [-0.2, -0.15) is 0 Å². The molecule has 0 aromatic heterocycles. The molecule has 0 bridgehead atoms. The molecule has 63 heavy (non-hydrogen) atoms. The molecule has 0 radical (unpaired) electrons. The van der Waals surface area contributed by atoms with E-state index in [4.69, 9.17) is 18.5 Å². The summed E-state index contributed by atoms with van der Waals surface area (Å²) in [4.78, 5) is 25.2. The summed E-state index contributed by atoms with van der Waals surface area (Å²) in [6.45, 7) is 5.50. The Hall–Kier alpha value is -0.500. The fourth-order valence-corrected chi connectivity index (χ4v) is 9.10. The molecular formula is C54H110NO7P. The summed E-state index contributed by atoms with van der Waals surface area (Å²) in [7, 11) is 1.38. The second-order valence-corrected chi connectivity index (χ2v) is 21.7. The molecule has 0 heterocycles. The zero-order valence-corrected chi connectivity index (χ0v) is 44.0. The molecule has 0 saturated carbocycles. The molecule has 0 rings (SSSR count). The van der Waals surface area contributed by atoms with Crippen LogP contribution in [0.15, 0.2) is 0 Å². The Bertz CT molecular complexity index is 976. The van der Waals surface area contributed by atoms with Gasteiger partial charge in [0.05, 0.1) is 34.4 Å². The van der Waals surface area contributed by atoms with Crippen LogP contribution in [-0.4, -0.2) is 70.7 Å². The maximum absolute atomic E-state index is 12.8. The van der Waals surface area contributed by atoms with E-state index >= 15 is 0 Å². The Morgan fingerprint density at radius 2 is 0.730 bits per heavy atom. The van der Waals surface area contributed by atoms with Crippen LogP contribution in [0.1, 0.15) is 284 Å². The van der Waals surface area contributed by atoms with Crippen LogP contribution in [-0.2, 0) is 27.9 Å². The van der Waals surface area contributed by atoms with Crippen LogP contribution in [0.2, 0.25) is 0 Å². The van der Waals surface area contributed by atoms with Crippen molar-refractivity contribution < 1.29 is 37.3 Å². The fourth-order valence-electron chi connectivity index (χ4n) is 8.37. The van der Waals surface area contributed by atoms with Crippen LogP contribution in [0.4, 0.5) is 0 Å². The Kier molecular flexibility index (Phi) is 47.6. The van der Waals surface area contributed by atoms with E-state index in [1.807, 2.05) is 21.1 Å². The van der Waals surface area contributed by atoms with Crippen molar-refractivity contribution in [2.45, 2.75) is 290 Å². The lowest BCUT2D eigenvalue weighted by molar-refractivity contribution is -0.870. The first-order valence-electron chi connectivity index (χ1n) is 27.8. The number of carbonyl (C=O) groups is 1. The van der Waals surface area contributed by atoms with E-state index in [-0.39, 0.29) is 25.8 Å². The van der Waals surface area contributed by atoms with Gasteiger partial charge in [0, 0.05) is 13.0 Å². The van der Waals surface area contributed by atoms with Gasteiger partial charge in [-0.1, -0.05) is 264 Å². The van der Waals surface area contributed by atoms with Crippen LogP contribution in [0.3, 0.4) is 0 Å². The Balaban J connectivity index is 4.01. The van der Waals surface area contributed by atoms with Crippen molar-refractivity contribution in [2.75, 3.05) is 54.1 Å².